The number of rotatable bonds is 2. The Labute approximate surface area is 126 Å². The molecule has 5 nitrogen and oxygen atoms in total. The van der Waals surface area contributed by atoms with E-state index < -0.39 is 0 Å². The van der Waals surface area contributed by atoms with Crippen LogP contribution in [0.2, 0.25) is 0 Å². The predicted molar refractivity (Wildman–Crippen MR) is 82.3 cm³/mol. The van der Waals surface area contributed by atoms with Crippen LogP contribution in [0.1, 0.15) is 43.6 Å². The Balaban J connectivity index is 1.58. The van der Waals surface area contributed by atoms with E-state index in [2.05, 4.69) is 34.1 Å². The molecule has 3 heterocycles. The van der Waals surface area contributed by atoms with Crippen LogP contribution in [0.15, 0.2) is 17.8 Å². The van der Waals surface area contributed by atoms with Crippen LogP contribution < -0.4 is 5.32 Å². The highest BCUT2D eigenvalue weighted by Crippen LogP contribution is 2.26. The number of carbonyl (C=O) groups is 1. The Morgan fingerprint density at radius 3 is 3.10 bits per heavy atom. The van der Waals surface area contributed by atoms with Crippen LogP contribution in [0.3, 0.4) is 0 Å². The van der Waals surface area contributed by atoms with E-state index in [0.717, 1.165) is 50.4 Å². The fourth-order valence-corrected chi connectivity index (χ4v) is 3.31. The van der Waals surface area contributed by atoms with Crippen LogP contribution in [0, 0.1) is 6.92 Å². The number of carbonyl (C=O) groups excluding carboxylic acids is 1. The van der Waals surface area contributed by atoms with Gasteiger partial charge < -0.3 is 14.8 Å². The molecule has 2 aliphatic rings. The molecule has 0 radical (unpaired) electrons. The number of urea groups is 1. The van der Waals surface area contributed by atoms with E-state index in [1.54, 1.807) is 0 Å². The molecule has 5 heteroatoms. The van der Waals surface area contributed by atoms with E-state index in [9.17, 15) is 4.79 Å². The molecular weight excluding hydrogens is 264 g/mol. The molecule has 2 amide bonds. The SMILES string of the molecule is CC1=CCCN(C(=O)NCC2CCCn3cc(C)nc32)C1. The van der Waals surface area contributed by atoms with Crippen molar-refractivity contribution in [1.82, 2.24) is 19.8 Å². The van der Waals surface area contributed by atoms with Crippen molar-refractivity contribution in [2.45, 2.75) is 45.6 Å². The predicted octanol–water partition coefficient (Wildman–Crippen LogP) is 2.43. The van der Waals surface area contributed by atoms with Crippen molar-refractivity contribution in [3.63, 3.8) is 0 Å². The Hall–Kier alpha value is -1.78. The summed E-state index contributed by atoms with van der Waals surface area (Å²) in [4.78, 5) is 18.8. The van der Waals surface area contributed by atoms with Gasteiger partial charge in [0.05, 0.1) is 5.69 Å². The lowest BCUT2D eigenvalue weighted by Crippen LogP contribution is -2.44. The Bertz CT molecular complexity index is 561. The fraction of sp³-hybridized carbons (Fsp3) is 0.625. The fourth-order valence-electron chi connectivity index (χ4n) is 3.31. The summed E-state index contributed by atoms with van der Waals surface area (Å²) in [6.07, 6.45) is 7.56. The molecular formula is C16H24N4O. The largest absolute Gasteiger partial charge is 0.337 e. The van der Waals surface area contributed by atoms with Gasteiger partial charge in [0.2, 0.25) is 0 Å². The maximum Gasteiger partial charge on any atom is 0.317 e. The molecule has 114 valence electrons. The van der Waals surface area contributed by atoms with E-state index in [4.69, 9.17) is 0 Å². The lowest BCUT2D eigenvalue weighted by atomic mass is 9.99. The van der Waals surface area contributed by atoms with Crippen LogP contribution in [-0.4, -0.2) is 40.1 Å². The molecule has 0 saturated carbocycles. The molecule has 1 aromatic rings. The standard InChI is InChI=1S/C16H24N4O/c1-12-5-3-8-20(10-12)16(21)17-9-14-6-4-7-19-11-13(2)18-15(14)19/h5,11,14H,3-4,6-10H2,1-2H3,(H,17,21). The first-order chi connectivity index (χ1) is 10.1. The summed E-state index contributed by atoms with van der Waals surface area (Å²) in [5.74, 6) is 1.48. The second-order valence-electron chi connectivity index (χ2n) is 6.22. The van der Waals surface area contributed by atoms with Gasteiger partial charge in [-0.1, -0.05) is 11.6 Å². The average molecular weight is 288 g/mol. The number of aromatic nitrogens is 2. The third-order valence-electron chi connectivity index (χ3n) is 4.36. The van der Waals surface area contributed by atoms with Crippen molar-refractivity contribution in [3.8, 4) is 0 Å². The van der Waals surface area contributed by atoms with Crippen LogP contribution in [-0.2, 0) is 6.54 Å². The number of amides is 2. The van der Waals surface area contributed by atoms with Crippen molar-refractivity contribution < 1.29 is 4.79 Å². The van der Waals surface area contributed by atoms with Crippen molar-refractivity contribution in [3.05, 3.63) is 29.4 Å². The van der Waals surface area contributed by atoms with Crippen LogP contribution in [0.5, 0.6) is 0 Å². The molecule has 1 atom stereocenters. The minimum atomic E-state index is 0.0582. The molecule has 1 unspecified atom stereocenters. The normalized spacial score (nSPS) is 21.7. The zero-order chi connectivity index (χ0) is 14.8. The highest BCUT2D eigenvalue weighted by Gasteiger charge is 2.24. The van der Waals surface area contributed by atoms with Gasteiger partial charge in [0, 0.05) is 38.3 Å². The van der Waals surface area contributed by atoms with E-state index in [0.29, 0.717) is 12.5 Å². The first-order valence-electron chi connectivity index (χ1n) is 7.85. The van der Waals surface area contributed by atoms with Gasteiger partial charge >= 0.3 is 6.03 Å². The summed E-state index contributed by atoms with van der Waals surface area (Å²) in [6, 6.07) is 0.0582. The quantitative estimate of drug-likeness (QED) is 0.850. The van der Waals surface area contributed by atoms with Crippen LogP contribution in [0.25, 0.3) is 0 Å². The third kappa shape index (κ3) is 3.12. The van der Waals surface area contributed by atoms with Gasteiger partial charge in [-0.15, -0.1) is 0 Å². The molecule has 3 rings (SSSR count). The van der Waals surface area contributed by atoms with Gasteiger partial charge in [-0.2, -0.15) is 0 Å². The first-order valence-corrected chi connectivity index (χ1v) is 7.85. The molecule has 1 N–H and O–H groups in total. The maximum absolute atomic E-state index is 12.3. The smallest absolute Gasteiger partial charge is 0.317 e. The van der Waals surface area contributed by atoms with Crippen LogP contribution in [0.4, 0.5) is 4.79 Å². The lowest BCUT2D eigenvalue weighted by molar-refractivity contribution is 0.199. The minimum Gasteiger partial charge on any atom is -0.337 e. The molecule has 1 aromatic heterocycles. The average Bonchev–Trinajstić information content (AvgIpc) is 2.85. The van der Waals surface area contributed by atoms with Crippen molar-refractivity contribution in [2.24, 2.45) is 0 Å². The van der Waals surface area contributed by atoms with Crippen molar-refractivity contribution in [2.75, 3.05) is 19.6 Å². The second-order valence-corrected chi connectivity index (χ2v) is 6.22. The molecule has 2 aliphatic heterocycles. The van der Waals surface area contributed by atoms with Gasteiger partial charge in [-0.25, -0.2) is 9.78 Å². The number of nitrogens with zero attached hydrogens (tertiary/aromatic N) is 3. The zero-order valence-corrected chi connectivity index (χ0v) is 12.9. The summed E-state index contributed by atoms with van der Waals surface area (Å²) in [6.45, 7) is 7.43. The first kappa shape index (κ1) is 14.2. The Morgan fingerprint density at radius 1 is 1.43 bits per heavy atom. The lowest BCUT2D eigenvalue weighted by Gasteiger charge is -2.28. The van der Waals surface area contributed by atoms with Crippen molar-refractivity contribution in [1.29, 1.82) is 0 Å². The minimum absolute atomic E-state index is 0.0582. The highest BCUT2D eigenvalue weighted by atomic mass is 16.2. The molecule has 0 saturated heterocycles. The number of hydrogen-bond acceptors (Lipinski definition) is 2. The zero-order valence-electron chi connectivity index (χ0n) is 12.9. The van der Waals surface area contributed by atoms with Crippen molar-refractivity contribution >= 4 is 6.03 Å². The number of aryl methyl sites for hydroxylation is 2. The van der Waals surface area contributed by atoms with Gasteiger partial charge in [-0.3, -0.25) is 0 Å². The van der Waals surface area contributed by atoms with Gasteiger partial charge in [0.15, 0.2) is 0 Å². The third-order valence-corrected chi connectivity index (χ3v) is 4.36. The number of imidazole rings is 1. The molecule has 0 fully saturated rings. The summed E-state index contributed by atoms with van der Waals surface area (Å²) in [5, 5.41) is 3.10. The summed E-state index contributed by atoms with van der Waals surface area (Å²) < 4.78 is 2.24. The number of fused-ring (bicyclic) bond motifs is 1. The number of nitrogens with one attached hydrogen (secondary N) is 1. The van der Waals surface area contributed by atoms with Gasteiger partial charge in [0.1, 0.15) is 5.82 Å². The second kappa shape index (κ2) is 5.92. The molecule has 21 heavy (non-hydrogen) atoms. The molecule has 0 bridgehead atoms. The summed E-state index contributed by atoms with van der Waals surface area (Å²) in [7, 11) is 0. The monoisotopic (exact) mass is 288 g/mol. The summed E-state index contributed by atoms with van der Waals surface area (Å²) in [5.41, 5.74) is 2.35. The van der Waals surface area contributed by atoms with Gasteiger partial charge in [0.25, 0.3) is 0 Å². The highest BCUT2D eigenvalue weighted by molar-refractivity contribution is 5.74. The van der Waals surface area contributed by atoms with E-state index >= 15 is 0 Å². The summed E-state index contributed by atoms with van der Waals surface area (Å²) >= 11 is 0. The topological polar surface area (TPSA) is 50.2 Å². The van der Waals surface area contributed by atoms with E-state index in [1.165, 1.54) is 5.57 Å². The maximum atomic E-state index is 12.3. The Kier molecular flexibility index (Phi) is 3.99. The Morgan fingerprint density at radius 2 is 2.29 bits per heavy atom. The number of hydrogen-bond donors (Lipinski definition) is 1. The van der Waals surface area contributed by atoms with E-state index in [-0.39, 0.29) is 6.03 Å². The van der Waals surface area contributed by atoms with Gasteiger partial charge in [-0.05, 0) is 33.1 Å². The molecule has 0 aromatic carbocycles. The molecule has 0 spiro atoms. The van der Waals surface area contributed by atoms with Crippen LogP contribution >= 0.6 is 0 Å². The molecule has 0 aliphatic carbocycles. The van der Waals surface area contributed by atoms with E-state index in [1.807, 2.05) is 11.8 Å².